The Bertz CT molecular complexity index is 533. The average Bonchev–Trinajstić information content (AvgIpc) is 2.37. The van der Waals surface area contributed by atoms with E-state index in [1.54, 1.807) is 0 Å². The van der Waals surface area contributed by atoms with E-state index in [1.165, 1.54) is 6.92 Å². The number of carbonyl (C=O) groups is 2. The first kappa shape index (κ1) is 15.5. The fraction of sp³-hybridized carbons (Fsp3) is 0.500. The highest BCUT2D eigenvalue weighted by Crippen LogP contribution is 2.40. The first-order chi connectivity index (χ1) is 9.97. The second-order valence-electron chi connectivity index (χ2n) is 5.84. The van der Waals surface area contributed by atoms with Crippen molar-refractivity contribution in [2.75, 3.05) is 11.9 Å². The molecule has 1 aromatic rings. The van der Waals surface area contributed by atoms with Crippen LogP contribution in [-0.4, -0.2) is 18.4 Å². The number of hydrogen-bond donors (Lipinski definition) is 3. The monoisotopic (exact) mass is 289 g/mol. The molecule has 1 saturated carbocycles. The van der Waals surface area contributed by atoms with E-state index < -0.39 is 0 Å². The molecule has 5 heteroatoms. The van der Waals surface area contributed by atoms with Crippen molar-refractivity contribution in [3.63, 3.8) is 0 Å². The van der Waals surface area contributed by atoms with Crippen LogP contribution in [0.3, 0.4) is 0 Å². The molecule has 2 amide bonds. The molecule has 0 aliphatic heterocycles. The van der Waals surface area contributed by atoms with Gasteiger partial charge in [0.15, 0.2) is 0 Å². The lowest BCUT2D eigenvalue weighted by atomic mass is 9.68. The van der Waals surface area contributed by atoms with Crippen molar-refractivity contribution in [2.45, 2.75) is 39.2 Å². The minimum Gasteiger partial charge on any atom is -0.349 e. The van der Waals surface area contributed by atoms with Gasteiger partial charge >= 0.3 is 0 Å². The zero-order chi connectivity index (χ0) is 15.5. The van der Waals surface area contributed by atoms with Gasteiger partial charge in [0, 0.05) is 19.2 Å². The summed E-state index contributed by atoms with van der Waals surface area (Å²) in [6.07, 6.45) is 2.80. The third-order valence-corrected chi connectivity index (χ3v) is 4.24. The van der Waals surface area contributed by atoms with Gasteiger partial charge in [0.1, 0.15) is 0 Å². The van der Waals surface area contributed by atoms with Crippen LogP contribution in [0.15, 0.2) is 24.3 Å². The minimum atomic E-state index is -0.372. The van der Waals surface area contributed by atoms with Crippen LogP contribution < -0.4 is 16.4 Å². The van der Waals surface area contributed by atoms with Gasteiger partial charge in [-0.25, -0.2) is 0 Å². The molecule has 1 unspecified atom stereocenters. The molecule has 0 heterocycles. The molecule has 2 rings (SSSR count). The van der Waals surface area contributed by atoms with Crippen LogP contribution in [0.1, 0.15) is 44.7 Å². The van der Waals surface area contributed by atoms with E-state index in [2.05, 4.69) is 10.6 Å². The van der Waals surface area contributed by atoms with Crippen molar-refractivity contribution in [1.29, 1.82) is 0 Å². The molecule has 4 N–H and O–H groups in total. The summed E-state index contributed by atoms with van der Waals surface area (Å²) in [7, 11) is 0. The van der Waals surface area contributed by atoms with Crippen LogP contribution >= 0.6 is 0 Å². The molecular formula is C16H23N3O2. The SMILES string of the molecule is CC(=O)Nc1cccc(C(C)NC(=O)C2(CN)CCC2)c1. The Hall–Kier alpha value is -1.88. The third kappa shape index (κ3) is 3.42. The fourth-order valence-corrected chi connectivity index (χ4v) is 2.65. The maximum atomic E-state index is 12.4. The van der Waals surface area contributed by atoms with E-state index in [0.29, 0.717) is 6.54 Å². The number of nitrogens with two attached hydrogens (primary N) is 1. The zero-order valence-corrected chi connectivity index (χ0v) is 12.6. The van der Waals surface area contributed by atoms with Crippen LogP contribution in [0.4, 0.5) is 5.69 Å². The van der Waals surface area contributed by atoms with Crippen molar-refractivity contribution >= 4 is 17.5 Å². The highest BCUT2D eigenvalue weighted by molar-refractivity contribution is 5.88. The number of rotatable bonds is 5. The molecule has 1 atom stereocenters. The fourth-order valence-electron chi connectivity index (χ4n) is 2.65. The standard InChI is InChI=1S/C16H23N3O2/c1-11(18-15(21)16(10-17)7-4-8-16)13-5-3-6-14(9-13)19-12(2)20/h3,5-6,9,11H,4,7-8,10,17H2,1-2H3,(H,18,21)(H,19,20). The summed E-state index contributed by atoms with van der Waals surface area (Å²) in [5.41, 5.74) is 7.08. The van der Waals surface area contributed by atoms with E-state index in [0.717, 1.165) is 30.5 Å². The van der Waals surface area contributed by atoms with E-state index >= 15 is 0 Å². The Morgan fingerprint density at radius 1 is 1.38 bits per heavy atom. The summed E-state index contributed by atoms with van der Waals surface area (Å²) in [6, 6.07) is 7.39. The van der Waals surface area contributed by atoms with Gasteiger partial charge in [-0.3, -0.25) is 9.59 Å². The van der Waals surface area contributed by atoms with Gasteiger partial charge in [-0.15, -0.1) is 0 Å². The topological polar surface area (TPSA) is 84.2 Å². The van der Waals surface area contributed by atoms with Crippen molar-refractivity contribution in [1.82, 2.24) is 5.32 Å². The summed E-state index contributed by atoms with van der Waals surface area (Å²) in [4.78, 5) is 23.5. The first-order valence-electron chi connectivity index (χ1n) is 7.35. The summed E-state index contributed by atoms with van der Waals surface area (Å²) in [6.45, 7) is 3.81. The first-order valence-corrected chi connectivity index (χ1v) is 7.35. The molecule has 114 valence electrons. The predicted molar refractivity (Wildman–Crippen MR) is 82.6 cm³/mol. The van der Waals surface area contributed by atoms with Crippen LogP contribution in [0.25, 0.3) is 0 Å². The highest BCUT2D eigenvalue weighted by atomic mass is 16.2. The second kappa shape index (κ2) is 6.26. The van der Waals surface area contributed by atoms with Gasteiger partial charge in [0.2, 0.25) is 11.8 Å². The number of hydrogen-bond acceptors (Lipinski definition) is 3. The Morgan fingerprint density at radius 2 is 2.10 bits per heavy atom. The Kier molecular flexibility index (Phi) is 4.63. The van der Waals surface area contributed by atoms with Crippen LogP contribution in [0.5, 0.6) is 0 Å². The molecule has 0 bridgehead atoms. The molecule has 21 heavy (non-hydrogen) atoms. The Morgan fingerprint density at radius 3 is 2.62 bits per heavy atom. The van der Waals surface area contributed by atoms with Gasteiger partial charge in [0.05, 0.1) is 11.5 Å². The lowest BCUT2D eigenvalue weighted by molar-refractivity contribution is -0.135. The van der Waals surface area contributed by atoms with E-state index in [9.17, 15) is 9.59 Å². The van der Waals surface area contributed by atoms with Crippen LogP contribution in [-0.2, 0) is 9.59 Å². The number of amides is 2. The van der Waals surface area contributed by atoms with Crippen molar-refractivity contribution in [3.05, 3.63) is 29.8 Å². The molecule has 0 spiro atoms. The summed E-state index contributed by atoms with van der Waals surface area (Å²) < 4.78 is 0. The maximum absolute atomic E-state index is 12.4. The van der Waals surface area contributed by atoms with E-state index in [1.807, 2.05) is 31.2 Å². The van der Waals surface area contributed by atoms with Crippen molar-refractivity contribution in [2.24, 2.45) is 11.1 Å². The van der Waals surface area contributed by atoms with Gasteiger partial charge in [-0.2, -0.15) is 0 Å². The molecule has 0 saturated heterocycles. The van der Waals surface area contributed by atoms with Gasteiger partial charge in [-0.1, -0.05) is 18.6 Å². The van der Waals surface area contributed by atoms with Crippen molar-refractivity contribution in [3.8, 4) is 0 Å². The van der Waals surface area contributed by atoms with Gasteiger partial charge in [0.25, 0.3) is 0 Å². The quantitative estimate of drug-likeness (QED) is 0.774. The molecule has 1 fully saturated rings. The Balaban J connectivity index is 2.04. The Labute approximate surface area is 125 Å². The molecule has 5 nitrogen and oxygen atoms in total. The average molecular weight is 289 g/mol. The number of carbonyl (C=O) groups excluding carboxylic acids is 2. The molecule has 1 aliphatic rings. The molecule has 0 radical (unpaired) electrons. The lowest BCUT2D eigenvalue weighted by Gasteiger charge is -2.39. The third-order valence-electron chi connectivity index (χ3n) is 4.24. The second-order valence-corrected chi connectivity index (χ2v) is 5.84. The summed E-state index contributed by atoms with van der Waals surface area (Å²) >= 11 is 0. The molecule has 1 aromatic carbocycles. The number of anilines is 1. The summed E-state index contributed by atoms with van der Waals surface area (Å²) in [5.74, 6) is -0.0749. The molecule has 1 aliphatic carbocycles. The molecule has 0 aromatic heterocycles. The molecular weight excluding hydrogens is 266 g/mol. The lowest BCUT2D eigenvalue weighted by Crippen LogP contribution is -2.50. The van der Waals surface area contributed by atoms with Gasteiger partial charge < -0.3 is 16.4 Å². The zero-order valence-electron chi connectivity index (χ0n) is 12.6. The van der Waals surface area contributed by atoms with E-state index in [4.69, 9.17) is 5.73 Å². The number of benzene rings is 1. The van der Waals surface area contributed by atoms with Crippen LogP contribution in [0.2, 0.25) is 0 Å². The van der Waals surface area contributed by atoms with Crippen molar-refractivity contribution < 1.29 is 9.59 Å². The maximum Gasteiger partial charge on any atom is 0.227 e. The summed E-state index contributed by atoms with van der Waals surface area (Å²) in [5, 5.41) is 5.78. The normalized spacial score (nSPS) is 17.5. The van der Waals surface area contributed by atoms with Crippen LogP contribution in [0, 0.1) is 5.41 Å². The predicted octanol–water partition coefficient (Wildman–Crippen LogP) is 1.95. The van der Waals surface area contributed by atoms with E-state index in [-0.39, 0.29) is 23.3 Å². The highest BCUT2D eigenvalue weighted by Gasteiger charge is 2.43. The minimum absolute atomic E-state index is 0.0358. The smallest absolute Gasteiger partial charge is 0.227 e. The number of nitrogens with one attached hydrogen (secondary N) is 2. The largest absolute Gasteiger partial charge is 0.349 e. The van der Waals surface area contributed by atoms with Gasteiger partial charge in [-0.05, 0) is 37.5 Å².